The number of carbonyl (C=O) groups excluding carboxylic acids is 3. The topological polar surface area (TPSA) is 82.7 Å². The van der Waals surface area contributed by atoms with Gasteiger partial charge in [-0.25, -0.2) is 4.90 Å². The third kappa shape index (κ3) is 4.52. The number of carbonyl (C=O) groups is 3. The monoisotopic (exact) mass is 545 g/mol. The lowest BCUT2D eigenvalue weighted by Gasteiger charge is -2.28. The number of anilines is 1. The maximum atomic E-state index is 13.7. The van der Waals surface area contributed by atoms with Gasteiger partial charge >= 0.3 is 0 Å². The number of hydrogen-bond donors (Lipinski definition) is 1. The number of imide groups is 1. The summed E-state index contributed by atoms with van der Waals surface area (Å²) in [6, 6.07) is 20.8. The van der Waals surface area contributed by atoms with Gasteiger partial charge in [0.2, 0.25) is 5.91 Å². The van der Waals surface area contributed by atoms with E-state index in [1.807, 2.05) is 30.5 Å². The fourth-order valence-corrected chi connectivity index (χ4v) is 4.86. The van der Waals surface area contributed by atoms with Gasteiger partial charge < -0.3 is 14.6 Å². The second-order valence-corrected chi connectivity index (χ2v) is 9.52. The molecule has 36 heavy (non-hydrogen) atoms. The summed E-state index contributed by atoms with van der Waals surface area (Å²) in [7, 11) is 1.56. The summed E-state index contributed by atoms with van der Waals surface area (Å²) in [5, 5.41) is 1.07. The molecular formula is C28H24BrN3O4. The van der Waals surface area contributed by atoms with Gasteiger partial charge in [0.1, 0.15) is 11.8 Å². The van der Waals surface area contributed by atoms with E-state index in [9.17, 15) is 14.4 Å². The molecule has 1 fully saturated rings. The lowest BCUT2D eigenvalue weighted by Crippen LogP contribution is -2.46. The van der Waals surface area contributed by atoms with Crippen molar-refractivity contribution in [2.45, 2.75) is 18.9 Å². The smallest absolute Gasteiger partial charge is 0.257 e. The minimum absolute atomic E-state index is 0.0648. The molecule has 1 aromatic heterocycles. The molecule has 4 aromatic rings. The molecule has 1 saturated heterocycles. The number of amides is 3. The predicted molar refractivity (Wildman–Crippen MR) is 141 cm³/mol. The quantitative estimate of drug-likeness (QED) is 0.333. The zero-order valence-electron chi connectivity index (χ0n) is 19.6. The highest BCUT2D eigenvalue weighted by atomic mass is 79.9. The summed E-state index contributed by atoms with van der Waals surface area (Å²) < 4.78 is 6.06. The number of fused-ring (bicyclic) bond motifs is 1. The molecule has 0 saturated carbocycles. The van der Waals surface area contributed by atoms with Crippen molar-refractivity contribution < 1.29 is 19.1 Å². The Morgan fingerprint density at radius 1 is 1.06 bits per heavy atom. The maximum absolute atomic E-state index is 13.7. The van der Waals surface area contributed by atoms with E-state index >= 15 is 0 Å². The summed E-state index contributed by atoms with van der Waals surface area (Å²) in [4.78, 5) is 46.1. The third-order valence-electron chi connectivity index (χ3n) is 6.48. The molecule has 1 aliphatic heterocycles. The van der Waals surface area contributed by atoms with Crippen molar-refractivity contribution in [3.8, 4) is 5.75 Å². The molecule has 182 valence electrons. The van der Waals surface area contributed by atoms with Crippen molar-refractivity contribution in [1.29, 1.82) is 0 Å². The molecule has 1 unspecified atom stereocenters. The van der Waals surface area contributed by atoms with E-state index in [0.717, 1.165) is 20.9 Å². The Kier molecular flexibility index (Phi) is 6.61. The molecule has 7 nitrogen and oxygen atoms in total. The predicted octanol–water partition coefficient (Wildman–Crippen LogP) is 4.96. The Labute approximate surface area is 216 Å². The van der Waals surface area contributed by atoms with Gasteiger partial charge in [-0.1, -0.05) is 34.1 Å². The largest absolute Gasteiger partial charge is 0.497 e. The Morgan fingerprint density at radius 3 is 2.50 bits per heavy atom. The molecular weight excluding hydrogens is 522 g/mol. The molecule has 1 aliphatic rings. The summed E-state index contributed by atoms with van der Waals surface area (Å²) in [5.41, 5.74) is 2.97. The van der Waals surface area contributed by atoms with E-state index in [1.165, 1.54) is 9.80 Å². The maximum Gasteiger partial charge on any atom is 0.257 e. The minimum atomic E-state index is -0.888. The molecule has 8 heteroatoms. The van der Waals surface area contributed by atoms with Crippen LogP contribution in [0.15, 0.2) is 83.5 Å². The summed E-state index contributed by atoms with van der Waals surface area (Å²) in [5.74, 6) is -0.401. The SMILES string of the molecule is COc1ccc(C(=O)N(CCc2c[nH]c3ccccc23)C2CC(=O)N(c3ccc(Br)cc3)C2=O)cc1. The average molecular weight is 546 g/mol. The Balaban J connectivity index is 1.45. The molecule has 0 spiro atoms. The van der Waals surface area contributed by atoms with E-state index in [2.05, 4.69) is 20.9 Å². The molecule has 2 heterocycles. The lowest BCUT2D eigenvalue weighted by molar-refractivity contribution is -0.122. The van der Waals surface area contributed by atoms with Crippen LogP contribution in [0.5, 0.6) is 5.75 Å². The van der Waals surface area contributed by atoms with Gasteiger partial charge in [0.25, 0.3) is 11.8 Å². The number of rotatable bonds is 7. The molecule has 1 atom stereocenters. The number of aromatic nitrogens is 1. The number of nitrogens with zero attached hydrogens (tertiary/aromatic N) is 2. The first-order chi connectivity index (χ1) is 17.5. The number of methoxy groups -OCH3 is 1. The minimum Gasteiger partial charge on any atom is -0.497 e. The fraction of sp³-hybridized carbons (Fsp3) is 0.179. The van der Waals surface area contributed by atoms with Gasteiger partial charge in [0.05, 0.1) is 19.2 Å². The zero-order valence-corrected chi connectivity index (χ0v) is 21.2. The van der Waals surface area contributed by atoms with E-state index in [4.69, 9.17) is 4.74 Å². The molecule has 3 aromatic carbocycles. The zero-order chi connectivity index (χ0) is 25.2. The second kappa shape index (κ2) is 9.99. The molecule has 0 radical (unpaired) electrons. The van der Waals surface area contributed by atoms with Crippen LogP contribution in [0.1, 0.15) is 22.3 Å². The van der Waals surface area contributed by atoms with Crippen LogP contribution >= 0.6 is 15.9 Å². The first kappa shape index (κ1) is 23.8. The Hall–Kier alpha value is -3.91. The van der Waals surface area contributed by atoms with Crippen molar-refractivity contribution in [3.63, 3.8) is 0 Å². The third-order valence-corrected chi connectivity index (χ3v) is 7.01. The first-order valence-corrected chi connectivity index (χ1v) is 12.4. The Bertz CT molecular complexity index is 1430. The van der Waals surface area contributed by atoms with Crippen molar-refractivity contribution in [2.75, 3.05) is 18.6 Å². The molecule has 5 rings (SSSR count). The van der Waals surface area contributed by atoms with Gasteiger partial charge in [-0.15, -0.1) is 0 Å². The van der Waals surface area contributed by atoms with Crippen LogP contribution < -0.4 is 9.64 Å². The van der Waals surface area contributed by atoms with Crippen LogP contribution in [-0.4, -0.2) is 47.3 Å². The average Bonchev–Trinajstić information content (AvgIpc) is 3.45. The number of H-pyrrole nitrogens is 1. The van der Waals surface area contributed by atoms with Crippen molar-refractivity contribution in [2.24, 2.45) is 0 Å². The lowest BCUT2D eigenvalue weighted by atomic mass is 10.1. The highest BCUT2D eigenvalue weighted by molar-refractivity contribution is 9.10. The standard InChI is InChI=1S/C28H24BrN3O4/c1-36-22-12-6-18(7-13-22)27(34)31(15-14-19-17-30-24-5-3-2-4-23(19)24)25-16-26(33)32(28(25)35)21-10-8-20(29)9-11-21/h2-13,17,25,30H,14-16H2,1H3. The second-order valence-electron chi connectivity index (χ2n) is 8.60. The van der Waals surface area contributed by atoms with Gasteiger partial charge in [0.15, 0.2) is 0 Å². The van der Waals surface area contributed by atoms with Crippen molar-refractivity contribution in [1.82, 2.24) is 9.88 Å². The number of nitrogens with one attached hydrogen (secondary N) is 1. The fourth-order valence-electron chi connectivity index (χ4n) is 4.60. The number of para-hydroxylation sites is 1. The van der Waals surface area contributed by atoms with Gasteiger partial charge in [-0.3, -0.25) is 14.4 Å². The van der Waals surface area contributed by atoms with Crippen molar-refractivity contribution >= 4 is 50.2 Å². The molecule has 0 bridgehead atoms. The van der Waals surface area contributed by atoms with Crippen LogP contribution in [0.25, 0.3) is 10.9 Å². The summed E-state index contributed by atoms with van der Waals surface area (Å²) in [6.45, 7) is 0.282. The molecule has 1 N–H and O–H groups in total. The summed E-state index contributed by atoms with van der Waals surface area (Å²) in [6.07, 6.45) is 2.39. The number of hydrogen-bond acceptors (Lipinski definition) is 4. The first-order valence-electron chi connectivity index (χ1n) is 11.6. The van der Waals surface area contributed by atoms with Crippen LogP contribution in [0, 0.1) is 0 Å². The normalized spacial score (nSPS) is 15.5. The van der Waals surface area contributed by atoms with Crippen LogP contribution in [0.4, 0.5) is 5.69 Å². The van der Waals surface area contributed by atoms with Gasteiger partial charge in [-0.05, 0) is 66.6 Å². The number of ether oxygens (including phenoxy) is 1. The van der Waals surface area contributed by atoms with Gasteiger partial charge in [-0.2, -0.15) is 0 Å². The van der Waals surface area contributed by atoms with E-state index in [1.54, 1.807) is 55.6 Å². The number of benzene rings is 3. The van der Waals surface area contributed by atoms with E-state index in [-0.39, 0.29) is 24.8 Å². The highest BCUT2D eigenvalue weighted by Crippen LogP contribution is 2.29. The van der Waals surface area contributed by atoms with Gasteiger partial charge in [0, 0.05) is 33.7 Å². The highest BCUT2D eigenvalue weighted by Gasteiger charge is 2.44. The number of aromatic amines is 1. The Morgan fingerprint density at radius 2 is 1.78 bits per heavy atom. The van der Waals surface area contributed by atoms with E-state index in [0.29, 0.717) is 23.4 Å². The van der Waals surface area contributed by atoms with Crippen molar-refractivity contribution in [3.05, 3.63) is 94.6 Å². The number of halogens is 1. The molecule has 3 amide bonds. The van der Waals surface area contributed by atoms with Crippen LogP contribution in [0.2, 0.25) is 0 Å². The van der Waals surface area contributed by atoms with E-state index < -0.39 is 11.9 Å². The van der Waals surface area contributed by atoms with Crippen LogP contribution in [0.3, 0.4) is 0 Å². The van der Waals surface area contributed by atoms with Crippen LogP contribution in [-0.2, 0) is 16.0 Å². The molecule has 0 aliphatic carbocycles. The summed E-state index contributed by atoms with van der Waals surface area (Å²) >= 11 is 3.38.